The number of hydrogen-bond donors (Lipinski definition) is 1. The zero-order chi connectivity index (χ0) is 17.2. The molecular weight excluding hydrogens is 326 g/mol. The van der Waals surface area contributed by atoms with Crippen LogP contribution in [0.3, 0.4) is 0 Å². The maximum Gasteiger partial charge on any atom is 0.281 e. The largest absolute Gasteiger partial charge is 0.281 e. The molecule has 1 N–H and O–H groups in total. The van der Waals surface area contributed by atoms with E-state index in [1.807, 2.05) is 18.3 Å². The van der Waals surface area contributed by atoms with E-state index in [0.29, 0.717) is 19.0 Å². The van der Waals surface area contributed by atoms with Crippen LogP contribution in [0.15, 0.2) is 30.6 Å². The summed E-state index contributed by atoms with van der Waals surface area (Å²) in [4.78, 5) is 4.47. The molecule has 1 atom stereocenters. The molecule has 24 heavy (non-hydrogen) atoms. The van der Waals surface area contributed by atoms with E-state index in [9.17, 15) is 8.42 Å². The third-order valence-corrected chi connectivity index (χ3v) is 6.30. The minimum atomic E-state index is -3.32. The van der Waals surface area contributed by atoms with Crippen LogP contribution in [0.5, 0.6) is 0 Å². The Morgan fingerprint density at radius 3 is 2.79 bits per heavy atom. The van der Waals surface area contributed by atoms with Crippen molar-refractivity contribution in [3.63, 3.8) is 0 Å². The highest BCUT2D eigenvalue weighted by molar-refractivity contribution is 7.86. The molecule has 3 heterocycles. The number of hydrogen-bond acceptors (Lipinski definition) is 4. The fraction of sp³-hybridized carbons (Fsp3) is 0.500. The highest BCUT2D eigenvalue weighted by Gasteiger charge is 2.30. The average molecular weight is 349 g/mol. The van der Waals surface area contributed by atoms with Crippen LogP contribution in [0.4, 0.5) is 0 Å². The Balaban J connectivity index is 1.65. The quantitative estimate of drug-likeness (QED) is 0.887. The predicted molar refractivity (Wildman–Crippen MR) is 92.4 cm³/mol. The van der Waals surface area contributed by atoms with Gasteiger partial charge in [0.1, 0.15) is 0 Å². The van der Waals surface area contributed by atoms with Crippen molar-refractivity contribution in [2.45, 2.75) is 19.3 Å². The van der Waals surface area contributed by atoms with Gasteiger partial charge in [-0.05, 0) is 42.9 Å². The van der Waals surface area contributed by atoms with Gasteiger partial charge in [0.05, 0.1) is 11.4 Å². The Kier molecular flexibility index (Phi) is 4.98. The molecule has 2 aromatic rings. The Labute approximate surface area is 142 Å². The van der Waals surface area contributed by atoms with Crippen LogP contribution in [0, 0.1) is 5.92 Å². The van der Waals surface area contributed by atoms with Crippen LogP contribution in [0.1, 0.15) is 18.4 Å². The molecule has 0 spiro atoms. The third kappa shape index (κ3) is 3.66. The monoisotopic (exact) mass is 349 g/mol. The number of rotatable bonds is 5. The summed E-state index contributed by atoms with van der Waals surface area (Å²) in [6, 6.07) is 5.91. The average Bonchev–Trinajstić information content (AvgIpc) is 3.10. The summed E-state index contributed by atoms with van der Waals surface area (Å²) in [7, 11) is -0.161. The van der Waals surface area contributed by atoms with E-state index >= 15 is 0 Å². The van der Waals surface area contributed by atoms with Crippen LogP contribution in [-0.2, 0) is 16.6 Å². The Morgan fingerprint density at radius 1 is 1.33 bits per heavy atom. The minimum Gasteiger partial charge on any atom is -0.276 e. The van der Waals surface area contributed by atoms with Gasteiger partial charge in [-0.25, -0.2) is 0 Å². The fourth-order valence-corrected chi connectivity index (χ4v) is 4.29. The molecule has 1 saturated heterocycles. The molecular formula is C16H23N5O2S. The summed E-state index contributed by atoms with van der Waals surface area (Å²) in [6.07, 6.45) is 6.36. The van der Waals surface area contributed by atoms with E-state index in [-0.39, 0.29) is 0 Å². The topological polar surface area (TPSA) is 82.2 Å². The molecule has 1 fully saturated rings. The van der Waals surface area contributed by atoms with Crippen molar-refractivity contribution < 1.29 is 8.42 Å². The number of piperidine rings is 1. The molecule has 1 unspecified atom stereocenters. The van der Waals surface area contributed by atoms with Crippen molar-refractivity contribution in [2.24, 2.45) is 5.92 Å². The van der Waals surface area contributed by atoms with Gasteiger partial charge in [-0.1, -0.05) is 6.07 Å². The molecule has 2 aromatic heterocycles. The number of pyridine rings is 1. The number of aromatic amines is 1. The number of aromatic nitrogens is 3. The highest BCUT2D eigenvalue weighted by atomic mass is 32.2. The maximum atomic E-state index is 12.3. The van der Waals surface area contributed by atoms with E-state index in [0.717, 1.165) is 36.2 Å². The van der Waals surface area contributed by atoms with Gasteiger partial charge in [0.15, 0.2) is 0 Å². The van der Waals surface area contributed by atoms with E-state index in [4.69, 9.17) is 0 Å². The summed E-state index contributed by atoms with van der Waals surface area (Å²) in [5.41, 5.74) is 2.88. The second-order valence-corrected chi connectivity index (χ2v) is 8.52. The van der Waals surface area contributed by atoms with Crippen LogP contribution >= 0.6 is 0 Å². The molecule has 1 aliphatic heterocycles. The molecule has 0 aromatic carbocycles. The normalized spacial score (nSPS) is 19.7. The van der Waals surface area contributed by atoms with E-state index in [1.54, 1.807) is 24.6 Å². The molecule has 8 heteroatoms. The SMILES string of the molecule is CN(C)S(=O)(=O)N1CCCC(Cc2ccc(-c3ccn[nH]3)nc2)C1. The Hall–Kier alpha value is -1.77. The first-order chi connectivity index (χ1) is 11.5. The van der Waals surface area contributed by atoms with Crippen molar-refractivity contribution >= 4 is 10.2 Å². The molecule has 7 nitrogen and oxygen atoms in total. The van der Waals surface area contributed by atoms with Gasteiger partial charge in [0.2, 0.25) is 0 Å². The summed E-state index contributed by atoms with van der Waals surface area (Å²) >= 11 is 0. The summed E-state index contributed by atoms with van der Waals surface area (Å²) in [6.45, 7) is 1.18. The van der Waals surface area contributed by atoms with Crippen molar-refractivity contribution in [1.82, 2.24) is 23.8 Å². The van der Waals surface area contributed by atoms with Crippen molar-refractivity contribution in [3.8, 4) is 11.4 Å². The van der Waals surface area contributed by atoms with Crippen LogP contribution in [0.25, 0.3) is 11.4 Å². The molecule has 3 rings (SSSR count). The maximum absolute atomic E-state index is 12.3. The van der Waals surface area contributed by atoms with E-state index < -0.39 is 10.2 Å². The fourth-order valence-electron chi connectivity index (χ4n) is 3.07. The standard InChI is InChI=1S/C16H23N5O2S/c1-20(2)24(22,23)21-9-3-4-14(12-21)10-13-5-6-15(17-11-13)16-7-8-18-19-16/h5-8,11,14H,3-4,9-10,12H2,1-2H3,(H,18,19). The van der Waals surface area contributed by atoms with E-state index in [2.05, 4.69) is 21.2 Å². The van der Waals surface area contributed by atoms with Crippen molar-refractivity contribution in [3.05, 3.63) is 36.2 Å². The lowest BCUT2D eigenvalue weighted by atomic mass is 9.93. The van der Waals surface area contributed by atoms with Gasteiger partial charge < -0.3 is 0 Å². The predicted octanol–water partition coefficient (Wildman–Crippen LogP) is 1.53. The molecule has 0 radical (unpaired) electrons. The van der Waals surface area contributed by atoms with E-state index in [1.165, 1.54) is 4.31 Å². The summed E-state index contributed by atoms with van der Waals surface area (Å²) in [5, 5.41) is 6.83. The zero-order valence-electron chi connectivity index (χ0n) is 14.0. The molecule has 1 aliphatic rings. The van der Waals surface area contributed by atoms with Crippen molar-refractivity contribution in [1.29, 1.82) is 0 Å². The summed E-state index contributed by atoms with van der Waals surface area (Å²) in [5.74, 6) is 0.327. The van der Waals surface area contributed by atoms with Crippen LogP contribution < -0.4 is 0 Å². The molecule has 0 amide bonds. The van der Waals surface area contributed by atoms with Gasteiger partial charge in [-0.2, -0.15) is 22.1 Å². The van der Waals surface area contributed by atoms with Crippen molar-refractivity contribution in [2.75, 3.05) is 27.2 Å². The summed E-state index contributed by atoms with van der Waals surface area (Å²) < 4.78 is 27.5. The molecule has 0 saturated carbocycles. The minimum absolute atomic E-state index is 0.327. The lowest BCUT2D eigenvalue weighted by Crippen LogP contribution is -2.45. The van der Waals surface area contributed by atoms with Gasteiger partial charge >= 0.3 is 0 Å². The van der Waals surface area contributed by atoms with Crippen LogP contribution in [-0.4, -0.2) is 59.4 Å². The second kappa shape index (κ2) is 7.00. The highest BCUT2D eigenvalue weighted by Crippen LogP contribution is 2.24. The lowest BCUT2D eigenvalue weighted by molar-refractivity contribution is 0.254. The first kappa shape index (κ1) is 17.1. The number of H-pyrrole nitrogens is 1. The van der Waals surface area contributed by atoms with Gasteiger partial charge in [0.25, 0.3) is 10.2 Å². The molecule has 130 valence electrons. The first-order valence-electron chi connectivity index (χ1n) is 8.09. The molecule has 0 aliphatic carbocycles. The molecule has 0 bridgehead atoms. The Morgan fingerprint density at radius 2 is 2.17 bits per heavy atom. The number of nitrogens with one attached hydrogen (secondary N) is 1. The number of nitrogens with zero attached hydrogens (tertiary/aromatic N) is 4. The lowest BCUT2D eigenvalue weighted by Gasteiger charge is -2.33. The Bertz CT molecular complexity index is 756. The van der Waals surface area contributed by atoms with Crippen LogP contribution in [0.2, 0.25) is 0 Å². The van der Waals surface area contributed by atoms with Gasteiger partial charge in [0, 0.05) is 39.6 Å². The smallest absolute Gasteiger partial charge is 0.276 e. The van der Waals surface area contributed by atoms with Gasteiger partial charge in [-0.3, -0.25) is 10.1 Å². The zero-order valence-corrected chi connectivity index (χ0v) is 14.8. The second-order valence-electron chi connectivity index (χ2n) is 6.38. The first-order valence-corrected chi connectivity index (χ1v) is 9.49. The van der Waals surface area contributed by atoms with Gasteiger partial charge in [-0.15, -0.1) is 0 Å². The third-order valence-electron chi connectivity index (χ3n) is 4.40.